The van der Waals surface area contributed by atoms with Crippen molar-refractivity contribution in [2.75, 3.05) is 20.6 Å². The number of benzene rings is 2. The minimum absolute atomic E-state index is 0.421. The smallest absolute Gasteiger partial charge is 0.0332 e. The number of nitrogens with one attached hydrogen (secondary N) is 1. The molecule has 0 amide bonds. The van der Waals surface area contributed by atoms with Gasteiger partial charge in [0.1, 0.15) is 0 Å². The summed E-state index contributed by atoms with van der Waals surface area (Å²) in [6, 6.07) is 19.7. The SMILES string of the molecule is CNC(CCN(C)Cc1ccccc1)c1ccccc1C. The maximum atomic E-state index is 3.45. The third-order valence-electron chi connectivity index (χ3n) is 4.01. The van der Waals surface area contributed by atoms with Gasteiger partial charge in [-0.2, -0.15) is 0 Å². The summed E-state index contributed by atoms with van der Waals surface area (Å²) in [7, 11) is 4.24. The molecule has 0 saturated heterocycles. The van der Waals surface area contributed by atoms with E-state index in [9.17, 15) is 0 Å². The Morgan fingerprint density at radius 3 is 2.33 bits per heavy atom. The Hall–Kier alpha value is -1.64. The third-order valence-corrected chi connectivity index (χ3v) is 4.01. The molecule has 1 N–H and O–H groups in total. The number of hydrogen-bond acceptors (Lipinski definition) is 2. The third kappa shape index (κ3) is 4.69. The molecule has 0 spiro atoms. The predicted octanol–water partition coefficient (Wildman–Crippen LogP) is 3.78. The van der Waals surface area contributed by atoms with E-state index in [1.807, 2.05) is 7.05 Å². The highest BCUT2D eigenvalue weighted by Gasteiger charge is 2.12. The second-order valence-electron chi connectivity index (χ2n) is 5.71. The Morgan fingerprint density at radius 2 is 1.67 bits per heavy atom. The molecule has 0 saturated carbocycles. The minimum atomic E-state index is 0.421. The lowest BCUT2D eigenvalue weighted by molar-refractivity contribution is 0.304. The fraction of sp³-hybridized carbons (Fsp3) is 0.368. The van der Waals surface area contributed by atoms with Gasteiger partial charge in [-0.05, 0) is 50.7 Å². The van der Waals surface area contributed by atoms with Gasteiger partial charge in [0.05, 0.1) is 0 Å². The zero-order valence-corrected chi connectivity index (χ0v) is 13.3. The molecule has 2 aromatic carbocycles. The largest absolute Gasteiger partial charge is 0.313 e. The van der Waals surface area contributed by atoms with E-state index in [4.69, 9.17) is 0 Å². The molecule has 0 aliphatic carbocycles. The van der Waals surface area contributed by atoms with Gasteiger partial charge in [-0.15, -0.1) is 0 Å². The molecule has 0 bridgehead atoms. The Morgan fingerprint density at radius 1 is 1.00 bits per heavy atom. The maximum absolute atomic E-state index is 3.45. The first-order valence-corrected chi connectivity index (χ1v) is 7.66. The molecule has 0 heterocycles. The lowest BCUT2D eigenvalue weighted by Gasteiger charge is -2.23. The highest BCUT2D eigenvalue weighted by molar-refractivity contribution is 5.28. The van der Waals surface area contributed by atoms with Gasteiger partial charge in [-0.3, -0.25) is 0 Å². The molecule has 1 atom stereocenters. The molecule has 0 fully saturated rings. The summed E-state index contributed by atoms with van der Waals surface area (Å²) in [6.07, 6.45) is 1.12. The second-order valence-corrected chi connectivity index (χ2v) is 5.71. The van der Waals surface area contributed by atoms with Gasteiger partial charge in [-0.25, -0.2) is 0 Å². The van der Waals surface area contributed by atoms with E-state index in [2.05, 4.69) is 78.8 Å². The molecule has 0 aromatic heterocycles. The van der Waals surface area contributed by atoms with E-state index in [-0.39, 0.29) is 0 Å². The molecule has 2 nitrogen and oxygen atoms in total. The van der Waals surface area contributed by atoms with Crippen LogP contribution in [0.5, 0.6) is 0 Å². The molecular weight excluding hydrogens is 256 g/mol. The summed E-state index contributed by atoms with van der Waals surface area (Å²) >= 11 is 0. The molecule has 21 heavy (non-hydrogen) atoms. The summed E-state index contributed by atoms with van der Waals surface area (Å²) in [5.74, 6) is 0. The zero-order chi connectivity index (χ0) is 15.1. The Balaban J connectivity index is 1.90. The van der Waals surface area contributed by atoms with Crippen LogP contribution in [0.3, 0.4) is 0 Å². The standard InChI is InChI=1S/C19H26N2/c1-16-9-7-8-12-18(16)19(20-2)13-14-21(3)15-17-10-5-4-6-11-17/h4-12,19-20H,13-15H2,1-3H3. The molecule has 0 aliphatic rings. The van der Waals surface area contributed by atoms with Crippen molar-refractivity contribution in [2.45, 2.75) is 25.9 Å². The normalized spacial score (nSPS) is 12.6. The van der Waals surface area contributed by atoms with Crippen LogP contribution in [0.1, 0.15) is 29.2 Å². The van der Waals surface area contributed by atoms with Crippen molar-refractivity contribution in [2.24, 2.45) is 0 Å². The van der Waals surface area contributed by atoms with E-state index in [0.717, 1.165) is 19.5 Å². The van der Waals surface area contributed by atoms with Crippen molar-refractivity contribution in [3.8, 4) is 0 Å². The van der Waals surface area contributed by atoms with Crippen molar-refractivity contribution in [1.82, 2.24) is 10.2 Å². The van der Waals surface area contributed by atoms with Gasteiger partial charge in [0.2, 0.25) is 0 Å². The lowest BCUT2D eigenvalue weighted by atomic mass is 9.99. The Bertz CT molecular complexity index is 536. The number of aryl methyl sites for hydroxylation is 1. The average molecular weight is 282 g/mol. The van der Waals surface area contributed by atoms with Gasteiger partial charge < -0.3 is 10.2 Å². The average Bonchev–Trinajstić information content (AvgIpc) is 2.50. The van der Waals surface area contributed by atoms with Crippen LogP contribution in [0, 0.1) is 6.92 Å². The van der Waals surface area contributed by atoms with Crippen LogP contribution in [0.2, 0.25) is 0 Å². The molecule has 2 heteroatoms. The highest BCUT2D eigenvalue weighted by atomic mass is 15.1. The summed E-state index contributed by atoms with van der Waals surface area (Å²) in [5.41, 5.74) is 4.15. The van der Waals surface area contributed by atoms with Crippen LogP contribution < -0.4 is 5.32 Å². The monoisotopic (exact) mass is 282 g/mol. The number of rotatable bonds is 7. The summed E-state index contributed by atoms with van der Waals surface area (Å²) in [4.78, 5) is 2.39. The van der Waals surface area contributed by atoms with Crippen molar-refractivity contribution in [3.63, 3.8) is 0 Å². The maximum Gasteiger partial charge on any atom is 0.0332 e. The molecule has 2 rings (SSSR count). The van der Waals surface area contributed by atoms with Crippen LogP contribution in [-0.2, 0) is 6.54 Å². The topological polar surface area (TPSA) is 15.3 Å². The predicted molar refractivity (Wildman–Crippen MR) is 90.4 cm³/mol. The summed E-state index contributed by atoms with van der Waals surface area (Å²) in [5, 5.41) is 3.45. The van der Waals surface area contributed by atoms with Crippen molar-refractivity contribution >= 4 is 0 Å². The van der Waals surface area contributed by atoms with Crippen LogP contribution >= 0.6 is 0 Å². The first-order chi connectivity index (χ1) is 10.2. The van der Waals surface area contributed by atoms with Crippen molar-refractivity contribution in [1.29, 1.82) is 0 Å². The molecular formula is C19H26N2. The minimum Gasteiger partial charge on any atom is -0.313 e. The lowest BCUT2D eigenvalue weighted by Crippen LogP contribution is -2.25. The van der Waals surface area contributed by atoms with Gasteiger partial charge >= 0.3 is 0 Å². The molecule has 0 radical (unpaired) electrons. The Labute approximate surface area is 128 Å². The Kier molecular flexibility index (Phi) is 5.97. The summed E-state index contributed by atoms with van der Waals surface area (Å²) in [6.45, 7) is 4.27. The summed E-state index contributed by atoms with van der Waals surface area (Å²) < 4.78 is 0. The first kappa shape index (κ1) is 15.7. The van der Waals surface area contributed by atoms with Crippen molar-refractivity contribution in [3.05, 3.63) is 71.3 Å². The second kappa shape index (κ2) is 7.96. The van der Waals surface area contributed by atoms with Crippen molar-refractivity contribution < 1.29 is 0 Å². The number of hydrogen-bond donors (Lipinski definition) is 1. The quantitative estimate of drug-likeness (QED) is 0.831. The van der Waals surface area contributed by atoms with Crippen LogP contribution in [0.15, 0.2) is 54.6 Å². The molecule has 0 aliphatic heterocycles. The van der Waals surface area contributed by atoms with E-state index in [0.29, 0.717) is 6.04 Å². The van der Waals surface area contributed by atoms with Gasteiger partial charge in [0, 0.05) is 12.6 Å². The van der Waals surface area contributed by atoms with Crippen LogP contribution in [-0.4, -0.2) is 25.5 Å². The van der Waals surface area contributed by atoms with Gasteiger partial charge in [-0.1, -0.05) is 54.6 Å². The zero-order valence-electron chi connectivity index (χ0n) is 13.3. The van der Waals surface area contributed by atoms with E-state index >= 15 is 0 Å². The van der Waals surface area contributed by atoms with Crippen LogP contribution in [0.25, 0.3) is 0 Å². The molecule has 1 unspecified atom stereocenters. The van der Waals surface area contributed by atoms with Gasteiger partial charge in [0.15, 0.2) is 0 Å². The molecule has 2 aromatic rings. The highest BCUT2D eigenvalue weighted by Crippen LogP contribution is 2.20. The molecule has 112 valence electrons. The fourth-order valence-electron chi connectivity index (χ4n) is 2.76. The number of nitrogens with zero attached hydrogens (tertiary/aromatic N) is 1. The van der Waals surface area contributed by atoms with E-state index in [1.165, 1.54) is 16.7 Å². The van der Waals surface area contributed by atoms with E-state index < -0.39 is 0 Å². The van der Waals surface area contributed by atoms with Crippen LogP contribution in [0.4, 0.5) is 0 Å². The fourth-order valence-corrected chi connectivity index (χ4v) is 2.76. The van der Waals surface area contributed by atoms with Gasteiger partial charge in [0.25, 0.3) is 0 Å². The van der Waals surface area contributed by atoms with E-state index in [1.54, 1.807) is 0 Å². The first-order valence-electron chi connectivity index (χ1n) is 7.66.